The number of hydrogen-bond acceptors (Lipinski definition) is 3. The Balaban J connectivity index is 0.00000162. The molecule has 100 valence electrons. The van der Waals surface area contributed by atoms with E-state index in [0.717, 1.165) is 25.2 Å². The Kier molecular flexibility index (Phi) is 5.88. The smallest absolute Gasteiger partial charge is 0.238 e. The minimum atomic E-state index is -0.0265. The van der Waals surface area contributed by atoms with Crippen LogP contribution in [0.1, 0.15) is 6.42 Å². The second-order valence-electron chi connectivity index (χ2n) is 4.34. The van der Waals surface area contributed by atoms with Crippen molar-refractivity contribution in [2.24, 2.45) is 5.73 Å². The molecule has 0 spiro atoms. The van der Waals surface area contributed by atoms with Crippen LogP contribution in [0.25, 0.3) is 0 Å². The minimum absolute atomic E-state index is 0. The normalized spacial score (nSPS) is 19.3. The fraction of sp³-hybridized carbons (Fsp3) is 0.417. The number of hydrogen-bond donors (Lipinski definition) is 2. The lowest BCUT2D eigenvalue weighted by molar-refractivity contribution is -0.117. The SMILES string of the molecule is Cl.N[C@H]1CCN(CC(=O)Nc2cccc(Cl)c2)C1. The Hall–Kier alpha value is -0.810. The van der Waals surface area contributed by atoms with Crippen LogP contribution in [0.5, 0.6) is 0 Å². The van der Waals surface area contributed by atoms with Crippen LogP contribution in [-0.4, -0.2) is 36.5 Å². The zero-order valence-electron chi connectivity index (χ0n) is 9.93. The van der Waals surface area contributed by atoms with Gasteiger partial charge in [0.25, 0.3) is 0 Å². The lowest BCUT2D eigenvalue weighted by Gasteiger charge is -2.14. The molecule has 3 N–H and O–H groups in total. The monoisotopic (exact) mass is 289 g/mol. The first-order chi connectivity index (χ1) is 8.13. The van der Waals surface area contributed by atoms with Crippen LogP contribution in [-0.2, 0) is 4.79 Å². The molecule has 0 bridgehead atoms. The predicted octanol–water partition coefficient (Wildman–Crippen LogP) is 1.73. The molecule has 4 nitrogen and oxygen atoms in total. The third-order valence-electron chi connectivity index (χ3n) is 2.78. The van der Waals surface area contributed by atoms with Crippen molar-refractivity contribution in [1.29, 1.82) is 0 Å². The van der Waals surface area contributed by atoms with Gasteiger partial charge in [0.15, 0.2) is 0 Å². The number of halogens is 2. The number of benzene rings is 1. The van der Waals surface area contributed by atoms with E-state index in [2.05, 4.69) is 10.2 Å². The zero-order valence-corrected chi connectivity index (χ0v) is 11.5. The summed E-state index contributed by atoms with van der Waals surface area (Å²) in [5, 5.41) is 3.44. The van der Waals surface area contributed by atoms with E-state index in [1.165, 1.54) is 0 Å². The lowest BCUT2D eigenvalue weighted by atomic mass is 10.3. The van der Waals surface area contributed by atoms with E-state index in [1.54, 1.807) is 12.1 Å². The first kappa shape index (κ1) is 15.2. The second-order valence-corrected chi connectivity index (χ2v) is 4.78. The van der Waals surface area contributed by atoms with Crippen LogP contribution in [0.15, 0.2) is 24.3 Å². The van der Waals surface area contributed by atoms with Crippen LogP contribution in [0.3, 0.4) is 0 Å². The maximum atomic E-state index is 11.7. The van der Waals surface area contributed by atoms with Crippen LogP contribution < -0.4 is 11.1 Å². The van der Waals surface area contributed by atoms with E-state index in [-0.39, 0.29) is 24.4 Å². The summed E-state index contributed by atoms with van der Waals surface area (Å²) in [6.07, 6.45) is 0.963. The molecular formula is C12H17Cl2N3O. The Morgan fingerprint density at radius 1 is 1.56 bits per heavy atom. The Bertz CT molecular complexity index is 414. The summed E-state index contributed by atoms with van der Waals surface area (Å²) in [4.78, 5) is 13.8. The van der Waals surface area contributed by atoms with Crippen LogP contribution in [0.4, 0.5) is 5.69 Å². The van der Waals surface area contributed by atoms with Gasteiger partial charge in [0.05, 0.1) is 6.54 Å². The average Bonchev–Trinajstić information content (AvgIpc) is 2.63. The maximum absolute atomic E-state index is 11.7. The zero-order chi connectivity index (χ0) is 12.3. The molecular weight excluding hydrogens is 273 g/mol. The van der Waals surface area contributed by atoms with Gasteiger partial charge in [-0.1, -0.05) is 17.7 Å². The van der Waals surface area contributed by atoms with Crippen molar-refractivity contribution >= 4 is 35.6 Å². The molecule has 1 atom stereocenters. The molecule has 18 heavy (non-hydrogen) atoms. The Labute approximate surface area is 118 Å². The van der Waals surface area contributed by atoms with Crippen LogP contribution >= 0.6 is 24.0 Å². The van der Waals surface area contributed by atoms with E-state index in [4.69, 9.17) is 17.3 Å². The molecule has 1 aliphatic rings. The van der Waals surface area contributed by atoms with Gasteiger partial charge in [0, 0.05) is 29.8 Å². The van der Waals surface area contributed by atoms with Crippen molar-refractivity contribution in [3.05, 3.63) is 29.3 Å². The van der Waals surface area contributed by atoms with Gasteiger partial charge in [0.2, 0.25) is 5.91 Å². The molecule has 0 aliphatic carbocycles. The fourth-order valence-corrected chi connectivity index (χ4v) is 2.17. The van der Waals surface area contributed by atoms with E-state index in [9.17, 15) is 4.79 Å². The highest BCUT2D eigenvalue weighted by atomic mass is 35.5. The summed E-state index contributed by atoms with van der Waals surface area (Å²) in [6.45, 7) is 2.08. The first-order valence-electron chi connectivity index (χ1n) is 5.67. The van der Waals surface area contributed by atoms with Crippen molar-refractivity contribution < 1.29 is 4.79 Å². The molecule has 1 aromatic carbocycles. The molecule has 6 heteroatoms. The van der Waals surface area contributed by atoms with Gasteiger partial charge in [-0.05, 0) is 24.6 Å². The Morgan fingerprint density at radius 3 is 2.94 bits per heavy atom. The molecule has 1 aromatic rings. The number of carbonyl (C=O) groups is 1. The first-order valence-corrected chi connectivity index (χ1v) is 6.04. The highest BCUT2D eigenvalue weighted by molar-refractivity contribution is 6.30. The summed E-state index contributed by atoms with van der Waals surface area (Å²) in [5.74, 6) is -0.0265. The molecule has 0 radical (unpaired) electrons. The van der Waals surface area contributed by atoms with Crippen molar-refractivity contribution in [2.45, 2.75) is 12.5 Å². The highest BCUT2D eigenvalue weighted by Crippen LogP contribution is 2.15. The number of amides is 1. The fourth-order valence-electron chi connectivity index (χ4n) is 1.98. The van der Waals surface area contributed by atoms with Crippen molar-refractivity contribution in [3.8, 4) is 0 Å². The topological polar surface area (TPSA) is 58.4 Å². The summed E-state index contributed by atoms with van der Waals surface area (Å²) in [7, 11) is 0. The quantitative estimate of drug-likeness (QED) is 0.891. The molecule has 1 amide bonds. The van der Waals surface area contributed by atoms with E-state index in [1.807, 2.05) is 12.1 Å². The summed E-state index contributed by atoms with van der Waals surface area (Å²) >= 11 is 5.84. The molecule has 2 rings (SSSR count). The molecule has 0 aromatic heterocycles. The average molecular weight is 290 g/mol. The molecule has 1 fully saturated rings. The largest absolute Gasteiger partial charge is 0.326 e. The van der Waals surface area contributed by atoms with Gasteiger partial charge in [-0.25, -0.2) is 0 Å². The maximum Gasteiger partial charge on any atom is 0.238 e. The van der Waals surface area contributed by atoms with Gasteiger partial charge in [-0.15, -0.1) is 12.4 Å². The summed E-state index contributed by atoms with van der Waals surface area (Å²) < 4.78 is 0. The van der Waals surface area contributed by atoms with Gasteiger partial charge in [-0.2, -0.15) is 0 Å². The van der Waals surface area contributed by atoms with Gasteiger partial charge in [-0.3, -0.25) is 9.69 Å². The molecule has 0 unspecified atom stereocenters. The molecule has 1 saturated heterocycles. The Morgan fingerprint density at radius 2 is 2.33 bits per heavy atom. The standard InChI is InChI=1S/C12H16ClN3O.ClH/c13-9-2-1-3-11(6-9)15-12(17)8-16-5-4-10(14)7-16;/h1-3,6,10H,4-5,7-8,14H2,(H,15,17);1H/t10-;/m0./s1. The number of nitrogens with two attached hydrogens (primary N) is 1. The number of nitrogens with one attached hydrogen (secondary N) is 1. The lowest BCUT2D eigenvalue weighted by Crippen LogP contribution is -2.33. The third-order valence-corrected chi connectivity index (χ3v) is 3.02. The number of nitrogens with zero attached hydrogens (tertiary/aromatic N) is 1. The molecule has 0 saturated carbocycles. The van der Waals surface area contributed by atoms with Gasteiger partial charge < -0.3 is 11.1 Å². The number of likely N-dealkylation sites (tertiary alicyclic amines) is 1. The van der Waals surface area contributed by atoms with Crippen molar-refractivity contribution in [1.82, 2.24) is 4.90 Å². The van der Waals surface area contributed by atoms with Crippen LogP contribution in [0.2, 0.25) is 5.02 Å². The van der Waals surface area contributed by atoms with Crippen molar-refractivity contribution in [3.63, 3.8) is 0 Å². The highest BCUT2D eigenvalue weighted by Gasteiger charge is 2.20. The minimum Gasteiger partial charge on any atom is -0.326 e. The predicted molar refractivity (Wildman–Crippen MR) is 76.4 cm³/mol. The molecule has 1 aliphatic heterocycles. The van der Waals surface area contributed by atoms with Crippen LogP contribution in [0, 0.1) is 0 Å². The molecule has 1 heterocycles. The number of carbonyl (C=O) groups excluding carboxylic acids is 1. The van der Waals surface area contributed by atoms with E-state index >= 15 is 0 Å². The van der Waals surface area contributed by atoms with E-state index in [0.29, 0.717) is 11.6 Å². The summed E-state index contributed by atoms with van der Waals surface area (Å²) in [5.41, 5.74) is 6.51. The number of rotatable bonds is 3. The van der Waals surface area contributed by atoms with Gasteiger partial charge in [0.1, 0.15) is 0 Å². The van der Waals surface area contributed by atoms with E-state index < -0.39 is 0 Å². The number of anilines is 1. The third kappa shape index (κ3) is 4.46. The summed E-state index contributed by atoms with van der Waals surface area (Å²) in [6, 6.07) is 7.34. The van der Waals surface area contributed by atoms with Gasteiger partial charge >= 0.3 is 0 Å². The second kappa shape index (κ2) is 6.95. The van der Waals surface area contributed by atoms with Crippen molar-refractivity contribution in [2.75, 3.05) is 25.0 Å².